The molecule has 0 fully saturated rings. The zero-order chi connectivity index (χ0) is 28.2. The second-order valence-electron chi connectivity index (χ2n) is 9.34. The number of nitrogens with one attached hydrogen (secondary N) is 1. The van der Waals surface area contributed by atoms with Gasteiger partial charge in [-0.3, -0.25) is 9.59 Å². The summed E-state index contributed by atoms with van der Waals surface area (Å²) in [5.74, 6) is 0.170. The number of rotatable bonds is 8. The Bertz CT molecular complexity index is 1800. The van der Waals surface area contributed by atoms with E-state index >= 15 is 0 Å². The molecule has 202 valence electrons. The van der Waals surface area contributed by atoms with Gasteiger partial charge in [-0.05, 0) is 65.7 Å². The number of benzene rings is 4. The Labute approximate surface area is 238 Å². The monoisotopic (exact) mass is 600 g/mol. The molecule has 0 saturated carbocycles. The first-order valence-electron chi connectivity index (χ1n) is 12.8. The first-order valence-corrected chi connectivity index (χ1v) is 13.6. The molecule has 1 aromatic heterocycles. The molecule has 0 saturated heterocycles. The molecule has 0 unspecified atom stereocenters. The molecule has 0 aliphatic heterocycles. The Morgan fingerprint density at radius 2 is 1.88 bits per heavy atom. The summed E-state index contributed by atoms with van der Waals surface area (Å²) >= 11 is 3.44. The van der Waals surface area contributed by atoms with Gasteiger partial charge in [0.2, 0.25) is 0 Å². The normalized spacial score (nSPS) is 12.2. The molecule has 7 nitrogen and oxygen atoms in total. The highest BCUT2D eigenvalue weighted by Gasteiger charge is 2.16. The van der Waals surface area contributed by atoms with Gasteiger partial charge in [-0.15, -0.1) is 0 Å². The molecule has 0 spiro atoms. The second-order valence-corrected chi connectivity index (χ2v) is 10.3. The number of anilines is 1. The molecule has 1 atom stereocenters. The van der Waals surface area contributed by atoms with Crippen molar-refractivity contribution in [2.45, 2.75) is 26.2 Å². The average Bonchev–Trinajstić information content (AvgIpc) is 2.96. The molecular weight excluding hydrogens is 575 g/mol. The third-order valence-corrected chi connectivity index (χ3v) is 7.10. The van der Waals surface area contributed by atoms with Gasteiger partial charge in [0.15, 0.2) is 6.61 Å². The van der Waals surface area contributed by atoms with Gasteiger partial charge in [0, 0.05) is 21.6 Å². The molecule has 0 radical (unpaired) electrons. The highest BCUT2D eigenvalue weighted by atomic mass is 79.9. The summed E-state index contributed by atoms with van der Waals surface area (Å²) in [5.41, 5.74) is 1.40. The van der Waals surface area contributed by atoms with Crippen molar-refractivity contribution in [1.82, 2.24) is 9.66 Å². The molecule has 0 aliphatic rings. The van der Waals surface area contributed by atoms with Crippen LogP contribution in [0.1, 0.15) is 37.6 Å². The van der Waals surface area contributed by atoms with E-state index in [-0.39, 0.29) is 23.9 Å². The molecule has 1 heterocycles. The number of amides is 1. The number of halogens is 2. The van der Waals surface area contributed by atoms with E-state index in [1.807, 2.05) is 56.3 Å². The summed E-state index contributed by atoms with van der Waals surface area (Å²) in [5, 5.41) is 9.55. The minimum Gasteiger partial charge on any atom is -0.483 e. The van der Waals surface area contributed by atoms with E-state index in [0.29, 0.717) is 33.7 Å². The number of hydrogen-bond donors (Lipinski definition) is 1. The molecule has 1 amide bonds. The molecule has 4 aromatic carbocycles. The fourth-order valence-electron chi connectivity index (χ4n) is 4.30. The van der Waals surface area contributed by atoms with Crippen LogP contribution in [-0.2, 0) is 4.79 Å². The number of carbonyl (C=O) groups excluding carboxylic acids is 1. The van der Waals surface area contributed by atoms with Gasteiger partial charge in [-0.1, -0.05) is 60.1 Å². The summed E-state index contributed by atoms with van der Waals surface area (Å²) in [6.45, 7) is 3.76. The SMILES string of the molecule is CC[C@H](C)c1nc2ccc(Br)cc2c(=O)n1N=Cc1c(OCC(=O)Nc2ccc(F)cc2)ccc2ccccc12. The van der Waals surface area contributed by atoms with E-state index in [0.717, 1.165) is 21.7 Å². The minimum absolute atomic E-state index is 0.0173. The fourth-order valence-corrected chi connectivity index (χ4v) is 4.66. The summed E-state index contributed by atoms with van der Waals surface area (Å²) in [4.78, 5) is 30.9. The minimum atomic E-state index is -0.401. The number of ether oxygens (including phenoxy) is 1. The second kappa shape index (κ2) is 11.8. The van der Waals surface area contributed by atoms with Crippen LogP contribution in [0.25, 0.3) is 21.7 Å². The van der Waals surface area contributed by atoms with Crippen LogP contribution < -0.4 is 15.6 Å². The number of fused-ring (bicyclic) bond motifs is 2. The van der Waals surface area contributed by atoms with Crippen LogP contribution in [0, 0.1) is 5.82 Å². The lowest BCUT2D eigenvalue weighted by molar-refractivity contribution is -0.118. The molecule has 0 aliphatic carbocycles. The van der Waals surface area contributed by atoms with Crippen molar-refractivity contribution in [3.63, 3.8) is 0 Å². The van der Waals surface area contributed by atoms with Gasteiger partial charge in [-0.2, -0.15) is 9.78 Å². The van der Waals surface area contributed by atoms with Crippen LogP contribution >= 0.6 is 15.9 Å². The van der Waals surface area contributed by atoms with Crippen LogP contribution in [0.3, 0.4) is 0 Å². The molecule has 0 bridgehead atoms. The van der Waals surface area contributed by atoms with Crippen molar-refractivity contribution in [3.05, 3.63) is 111 Å². The highest BCUT2D eigenvalue weighted by molar-refractivity contribution is 9.10. The van der Waals surface area contributed by atoms with E-state index in [9.17, 15) is 14.0 Å². The number of hydrogen-bond acceptors (Lipinski definition) is 5. The predicted octanol–water partition coefficient (Wildman–Crippen LogP) is 6.86. The Morgan fingerprint density at radius 3 is 2.65 bits per heavy atom. The Hall–Kier alpha value is -4.37. The maximum Gasteiger partial charge on any atom is 0.282 e. The van der Waals surface area contributed by atoms with E-state index in [1.165, 1.54) is 28.9 Å². The molecular formula is C31H26BrFN4O3. The lowest BCUT2D eigenvalue weighted by atomic mass is 10.0. The van der Waals surface area contributed by atoms with Gasteiger partial charge in [0.05, 0.1) is 17.1 Å². The van der Waals surface area contributed by atoms with Gasteiger partial charge < -0.3 is 10.1 Å². The van der Waals surface area contributed by atoms with Crippen molar-refractivity contribution < 1.29 is 13.9 Å². The van der Waals surface area contributed by atoms with Gasteiger partial charge in [-0.25, -0.2) is 9.37 Å². The lowest BCUT2D eigenvalue weighted by Gasteiger charge is -2.15. The third-order valence-electron chi connectivity index (χ3n) is 6.61. The van der Waals surface area contributed by atoms with Crippen LogP contribution in [-0.4, -0.2) is 28.4 Å². The largest absolute Gasteiger partial charge is 0.483 e. The molecule has 5 rings (SSSR count). The molecule has 5 aromatic rings. The van der Waals surface area contributed by atoms with Crippen molar-refractivity contribution in [3.8, 4) is 5.75 Å². The maximum atomic E-state index is 13.6. The molecule has 40 heavy (non-hydrogen) atoms. The maximum absolute atomic E-state index is 13.6. The summed E-state index contributed by atoms with van der Waals surface area (Å²) in [6, 6.07) is 22.3. The number of nitrogens with zero attached hydrogens (tertiary/aromatic N) is 3. The first kappa shape index (κ1) is 27.2. The van der Waals surface area contributed by atoms with Gasteiger partial charge in [0.1, 0.15) is 17.4 Å². The van der Waals surface area contributed by atoms with Crippen molar-refractivity contribution in [2.75, 3.05) is 11.9 Å². The van der Waals surface area contributed by atoms with Crippen LogP contribution in [0.5, 0.6) is 5.75 Å². The summed E-state index contributed by atoms with van der Waals surface area (Å²) in [7, 11) is 0. The van der Waals surface area contributed by atoms with Gasteiger partial charge in [0.25, 0.3) is 11.5 Å². The Kier molecular flexibility index (Phi) is 8.02. The standard InChI is InChI=1S/C31H26BrFN4O3/c1-3-19(2)30-36-27-14-9-21(32)16-25(27)31(39)37(30)34-17-26-24-7-5-4-6-20(24)8-15-28(26)40-18-29(38)35-23-12-10-22(33)11-13-23/h4-17,19H,3,18H2,1-2H3,(H,35,38)/t19-/m0/s1. The topological polar surface area (TPSA) is 85.6 Å². The van der Waals surface area contributed by atoms with E-state index in [1.54, 1.807) is 18.3 Å². The summed E-state index contributed by atoms with van der Waals surface area (Å²) in [6.07, 6.45) is 2.35. The zero-order valence-corrected chi connectivity index (χ0v) is 23.5. The van der Waals surface area contributed by atoms with Crippen LogP contribution in [0.4, 0.5) is 10.1 Å². The van der Waals surface area contributed by atoms with Gasteiger partial charge >= 0.3 is 0 Å². The first-order chi connectivity index (χ1) is 19.3. The smallest absolute Gasteiger partial charge is 0.282 e. The molecule has 1 N–H and O–H groups in total. The highest BCUT2D eigenvalue weighted by Crippen LogP contribution is 2.27. The van der Waals surface area contributed by atoms with Crippen LogP contribution in [0.2, 0.25) is 0 Å². The van der Waals surface area contributed by atoms with Crippen molar-refractivity contribution in [1.29, 1.82) is 0 Å². The average molecular weight is 601 g/mol. The quantitative estimate of drug-likeness (QED) is 0.197. The Morgan fingerprint density at radius 1 is 1.10 bits per heavy atom. The van der Waals surface area contributed by atoms with Crippen molar-refractivity contribution >= 4 is 55.4 Å². The van der Waals surface area contributed by atoms with E-state index in [2.05, 4.69) is 26.3 Å². The summed E-state index contributed by atoms with van der Waals surface area (Å²) < 4.78 is 21.2. The van der Waals surface area contributed by atoms with E-state index in [4.69, 9.17) is 9.72 Å². The Balaban J connectivity index is 1.53. The fraction of sp³-hybridized carbons (Fsp3) is 0.161. The van der Waals surface area contributed by atoms with E-state index < -0.39 is 5.91 Å². The molecule has 9 heteroatoms. The lowest BCUT2D eigenvalue weighted by Crippen LogP contribution is -2.24. The zero-order valence-electron chi connectivity index (χ0n) is 21.9. The van der Waals surface area contributed by atoms with Crippen LogP contribution in [0.15, 0.2) is 93.2 Å². The van der Waals surface area contributed by atoms with Crippen molar-refractivity contribution in [2.24, 2.45) is 5.10 Å². The number of aromatic nitrogens is 2. The third kappa shape index (κ3) is 5.79. The predicted molar refractivity (Wildman–Crippen MR) is 160 cm³/mol. The number of carbonyl (C=O) groups is 1.